The van der Waals surface area contributed by atoms with Crippen molar-refractivity contribution in [2.24, 2.45) is 5.73 Å². The lowest BCUT2D eigenvalue weighted by atomic mass is 9.96. The summed E-state index contributed by atoms with van der Waals surface area (Å²) in [6, 6.07) is 11.5. The highest BCUT2D eigenvalue weighted by Crippen LogP contribution is 2.51. The fourth-order valence-corrected chi connectivity index (χ4v) is 5.16. The van der Waals surface area contributed by atoms with Gasteiger partial charge in [0.05, 0.1) is 38.6 Å². The smallest absolute Gasteiger partial charge is 0.306 e. The highest BCUT2D eigenvalue weighted by Gasteiger charge is 2.27. The number of hydrogen-bond donors (Lipinski definition) is 1. The third-order valence-corrected chi connectivity index (χ3v) is 6.68. The minimum Gasteiger partial charge on any atom is -0.496 e. The van der Waals surface area contributed by atoms with Crippen LogP contribution in [-0.2, 0) is 30.4 Å². The van der Waals surface area contributed by atoms with E-state index in [0.29, 0.717) is 11.1 Å². The van der Waals surface area contributed by atoms with Crippen LogP contribution in [0.3, 0.4) is 0 Å². The molecule has 0 aromatic heterocycles. The quantitative estimate of drug-likeness (QED) is 0.208. The lowest BCUT2D eigenvalue weighted by Gasteiger charge is -2.21. The molecule has 0 amide bonds. The van der Waals surface area contributed by atoms with E-state index in [1.54, 1.807) is 0 Å². The number of hydrogen-bond acceptors (Lipinski definition) is 13. The molecule has 0 bridgehead atoms. The van der Waals surface area contributed by atoms with Crippen LogP contribution in [0, 0.1) is 0 Å². The van der Waals surface area contributed by atoms with E-state index in [1.807, 2.05) is 0 Å². The van der Waals surface area contributed by atoms with E-state index in [2.05, 4.69) is 0 Å². The Kier molecular flexibility index (Phi) is 9.81. The zero-order valence-electron chi connectivity index (χ0n) is 22.9. The van der Waals surface area contributed by atoms with Crippen LogP contribution in [0.15, 0.2) is 48.5 Å². The third kappa shape index (κ3) is 8.85. The normalized spacial score (nSPS) is 11.8. The number of rotatable bonds is 13. The van der Waals surface area contributed by atoms with Gasteiger partial charge in [0.15, 0.2) is 23.0 Å². The molecule has 0 heterocycles. The molecule has 0 atom stereocenters. The minimum atomic E-state index is -4.16. The van der Waals surface area contributed by atoms with Gasteiger partial charge in [-0.15, -0.1) is 0 Å². The molecule has 0 radical (unpaired) electrons. The van der Waals surface area contributed by atoms with Crippen molar-refractivity contribution in [1.82, 2.24) is 0 Å². The second kappa shape index (κ2) is 12.6. The van der Waals surface area contributed by atoms with Crippen molar-refractivity contribution in [2.75, 3.05) is 39.6 Å². The van der Waals surface area contributed by atoms with Gasteiger partial charge in [-0.1, -0.05) is 30.4 Å². The van der Waals surface area contributed by atoms with Crippen LogP contribution in [0.1, 0.15) is 0 Å². The highest BCUT2D eigenvalue weighted by molar-refractivity contribution is 7.86. The maximum absolute atomic E-state index is 12.4. The van der Waals surface area contributed by atoms with Crippen molar-refractivity contribution < 1.29 is 52.0 Å². The molecule has 3 aromatic rings. The fraction of sp³-hybridized carbons (Fsp3) is 0.240. The molecule has 13 nitrogen and oxygen atoms in total. The van der Waals surface area contributed by atoms with Gasteiger partial charge in [-0.25, -0.2) is 0 Å². The Balaban J connectivity index is 2.32. The Morgan fingerprint density at radius 2 is 1.26 bits per heavy atom. The van der Waals surface area contributed by atoms with Crippen LogP contribution in [0.4, 0.5) is 0 Å². The summed E-state index contributed by atoms with van der Waals surface area (Å²) in [7, 11) is -9.35. The maximum atomic E-state index is 12.4. The Bertz CT molecular complexity index is 1820. The molecule has 0 aliphatic heterocycles. The molecule has 3 aromatic carbocycles. The first-order chi connectivity index (χ1) is 19.4. The first kappa shape index (κ1) is 32.7. The summed E-state index contributed by atoms with van der Waals surface area (Å²) in [6.07, 6.45) is 2.57. The predicted molar refractivity (Wildman–Crippen MR) is 159 cm³/mol. The SMILES string of the molecule is COc1cc(-c2ccc(OS(C)(=O)=O)cc2)c(OC)c(OS(C)(=O)=O)c1-c1ccc(OCC(N)=S)c(OS(C)(=O)=O)c1. The topological polar surface area (TPSA) is 184 Å². The van der Waals surface area contributed by atoms with Crippen LogP contribution in [0.2, 0.25) is 0 Å². The molecule has 17 heteroatoms. The highest BCUT2D eigenvalue weighted by atomic mass is 32.2. The number of ether oxygens (including phenoxy) is 3. The Morgan fingerprint density at radius 1 is 0.690 bits per heavy atom. The van der Waals surface area contributed by atoms with Crippen molar-refractivity contribution in [3.63, 3.8) is 0 Å². The monoisotopic (exact) mass is 661 g/mol. The van der Waals surface area contributed by atoms with Crippen molar-refractivity contribution in [1.29, 1.82) is 0 Å². The first-order valence-corrected chi connectivity index (χ1v) is 17.4. The molecule has 0 saturated heterocycles. The molecule has 2 N–H and O–H groups in total. The van der Waals surface area contributed by atoms with Crippen molar-refractivity contribution >= 4 is 47.6 Å². The van der Waals surface area contributed by atoms with Gasteiger partial charge in [0.1, 0.15) is 23.1 Å². The van der Waals surface area contributed by atoms with Crippen LogP contribution in [-0.4, -0.2) is 69.8 Å². The molecule has 0 unspecified atom stereocenters. The summed E-state index contributed by atoms with van der Waals surface area (Å²) in [4.78, 5) is 0.00567. The van der Waals surface area contributed by atoms with E-state index in [4.69, 9.17) is 44.7 Å². The fourth-order valence-electron chi connectivity index (χ4n) is 3.72. The third-order valence-electron chi connectivity index (χ3n) is 5.11. The second-order valence-corrected chi connectivity index (χ2v) is 13.9. The zero-order valence-corrected chi connectivity index (χ0v) is 26.2. The van der Waals surface area contributed by atoms with E-state index in [0.717, 1.165) is 18.8 Å². The van der Waals surface area contributed by atoms with Gasteiger partial charge in [-0.2, -0.15) is 25.3 Å². The van der Waals surface area contributed by atoms with Gasteiger partial charge in [0.2, 0.25) is 0 Å². The van der Waals surface area contributed by atoms with Crippen LogP contribution in [0.5, 0.6) is 34.5 Å². The average Bonchev–Trinajstić information content (AvgIpc) is 2.85. The van der Waals surface area contributed by atoms with E-state index in [-0.39, 0.29) is 57.2 Å². The number of thiocarbonyl (C=S) groups is 1. The summed E-state index contributed by atoms with van der Waals surface area (Å²) >= 11 is 4.82. The van der Waals surface area contributed by atoms with Crippen LogP contribution >= 0.6 is 12.2 Å². The molecule has 3 rings (SSSR count). The summed E-state index contributed by atoms with van der Waals surface area (Å²) in [6.45, 7) is -0.211. The van der Waals surface area contributed by atoms with E-state index >= 15 is 0 Å². The second-order valence-electron chi connectivity index (χ2n) is 8.67. The van der Waals surface area contributed by atoms with Gasteiger partial charge >= 0.3 is 30.4 Å². The maximum Gasteiger partial charge on any atom is 0.306 e. The van der Waals surface area contributed by atoms with Crippen molar-refractivity contribution in [3.8, 4) is 56.8 Å². The Hall–Kier alpha value is -3.80. The van der Waals surface area contributed by atoms with E-state index in [9.17, 15) is 25.3 Å². The van der Waals surface area contributed by atoms with Crippen LogP contribution in [0.25, 0.3) is 22.3 Å². The van der Waals surface area contributed by atoms with Crippen molar-refractivity contribution in [3.05, 3.63) is 48.5 Å². The van der Waals surface area contributed by atoms with Gasteiger partial charge in [0, 0.05) is 5.56 Å². The lowest BCUT2D eigenvalue weighted by molar-refractivity contribution is 0.361. The van der Waals surface area contributed by atoms with E-state index < -0.39 is 30.4 Å². The first-order valence-electron chi connectivity index (χ1n) is 11.5. The molecule has 0 spiro atoms. The standard InChI is InChI=1S/C25H27NO12S4/c1-33-21-13-18(15-6-9-17(10-7-15)36-40(3,27)28)24(34-2)25(38-42(5,31)32)23(21)16-8-11-19(35-14-22(26)39)20(12-16)37-41(4,29)30/h6-13H,14H2,1-5H3,(H2,26,39). The molecular weight excluding hydrogens is 635 g/mol. The molecule has 0 saturated carbocycles. The minimum absolute atomic E-state index is 0.00567. The molecule has 0 aliphatic rings. The summed E-state index contributed by atoms with van der Waals surface area (Å²) in [5, 5.41) is 0. The largest absolute Gasteiger partial charge is 0.496 e. The predicted octanol–water partition coefficient (Wildman–Crippen LogP) is 2.72. The zero-order chi connectivity index (χ0) is 31.5. The van der Waals surface area contributed by atoms with Crippen LogP contribution < -0.4 is 32.5 Å². The van der Waals surface area contributed by atoms with Gasteiger partial charge in [0.25, 0.3) is 0 Å². The molecular formula is C25H27NO12S4. The Labute approximate surface area is 249 Å². The molecule has 0 aliphatic carbocycles. The lowest BCUT2D eigenvalue weighted by Crippen LogP contribution is -2.18. The van der Waals surface area contributed by atoms with Gasteiger partial charge in [-0.05, 0) is 41.5 Å². The number of nitrogens with two attached hydrogens (primary N) is 1. The van der Waals surface area contributed by atoms with Crippen molar-refractivity contribution in [2.45, 2.75) is 0 Å². The van der Waals surface area contributed by atoms with E-state index in [1.165, 1.54) is 62.8 Å². The summed E-state index contributed by atoms with van der Waals surface area (Å²) in [5.74, 6) is -0.430. The number of benzene rings is 3. The molecule has 228 valence electrons. The van der Waals surface area contributed by atoms with Gasteiger partial charge in [-0.3, -0.25) is 0 Å². The summed E-state index contributed by atoms with van der Waals surface area (Å²) in [5.41, 5.74) is 6.53. The van der Waals surface area contributed by atoms with Gasteiger partial charge < -0.3 is 32.5 Å². The average molecular weight is 662 g/mol. The summed E-state index contributed by atoms with van der Waals surface area (Å²) < 4.78 is 104. The Morgan fingerprint density at radius 3 is 1.76 bits per heavy atom. The molecule has 0 fully saturated rings. The number of methoxy groups -OCH3 is 2. The molecule has 42 heavy (non-hydrogen) atoms.